The average molecular weight is 301 g/mol. The number of hydrogen-bond donors (Lipinski definition) is 1. The molecule has 0 amide bonds. The van der Waals surface area contributed by atoms with E-state index in [-0.39, 0.29) is 5.82 Å². The molecule has 0 radical (unpaired) electrons. The summed E-state index contributed by atoms with van der Waals surface area (Å²) in [6.07, 6.45) is 6.30. The van der Waals surface area contributed by atoms with Crippen LogP contribution in [0.2, 0.25) is 0 Å². The number of thiophene rings is 1. The molecule has 1 N–H and O–H groups in total. The fraction of sp³-hybridized carbons (Fsp3) is 0.375. The molecule has 0 aliphatic heterocycles. The van der Waals surface area contributed by atoms with Crippen molar-refractivity contribution in [1.29, 1.82) is 0 Å². The van der Waals surface area contributed by atoms with E-state index in [4.69, 9.17) is 0 Å². The quantitative estimate of drug-likeness (QED) is 0.733. The first-order valence-electron chi connectivity index (χ1n) is 7.41. The molecule has 2 aromatic heterocycles. The Kier molecular flexibility index (Phi) is 3.22. The molecule has 0 spiro atoms. The molecule has 5 heteroatoms. The van der Waals surface area contributed by atoms with Gasteiger partial charge in [0, 0.05) is 10.6 Å². The summed E-state index contributed by atoms with van der Waals surface area (Å²) in [5.41, 5.74) is 0. The Bertz CT molecular complexity index is 771. The highest BCUT2D eigenvalue weighted by molar-refractivity contribution is 7.22. The maximum Gasteiger partial charge on any atom is 0.191 e. The van der Waals surface area contributed by atoms with Crippen LogP contribution in [0.5, 0.6) is 0 Å². The fourth-order valence-corrected chi connectivity index (χ4v) is 4.08. The highest BCUT2D eigenvalue weighted by atomic mass is 32.1. The van der Waals surface area contributed by atoms with Crippen molar-refractivity contribution in [3.8, 4) is 10.7 Å². The van der Waals surface area contributed by atoms with Gasteiger partial charge in [-0.2, -0.15) is 5.10 Å². The zero-order chi connectivity index (χ0) is 14.2. The molecular weight excluding hydrogens is 285 g/mol. The van der Waals surface area contributed by atoms with Crippen LogP contribution in [0.15, 0.2) is 24.3 Å². The molecule has 1 aliphatic carbocycles. The first kappa shape index (κ1) is 13.0. The summed E-state index contributed by atoms with van der Waals surface area (Å²) in [5.74, 6) is 2.06. The molecule has 3 nitrogen and oxygen atoms in total. The third-order valence-corrected chi connectivity index (χ3v) is 5.29. The summed E-state index contributed by atoms with van der Waals surface area (Å²) in [5, 5.41) is 8.50. The van der Waals surface area contributed by atoms with Crippen molar-refractivity contribution in [3.63, 3.8) is 0 Å². The maximum atomic E-state index is 13.3. The Labute approximate surface area is 126 Å². The molecule has 1 aliphatic rings. The van der Waals surface area contributed by atoms with Gasteiger partial charge < -0.3 is 0 Å². The van der Waals surface area contributed by atoms with Crippen LogP contribution in [0.4, 0.5) is 4.39 Å². The predicted octanol–water partition coefficient (Wildman–Crippen LogP) is 4.87. The number of H-pyrrole nitrogens is 1. The average Bonchev–Trinajstić information content (AvgIpc) is 3.14. The number of aromatic nitrogens is 3. The minimum absolute atomic E-state index is 0.200. The smallest absolute Gasteiger partial charge is 0.191 e. The van der Waals surface area contributed by atoms with Gasteiger partial charge in [0.05, 0.1) is 4.88 Å². The number of nitrogens with zero attached hydrogens (tertiary/aromatic N) is 2. The fourth-order valence-electron chi connectivity index (χ4n) is 3.06. The largest absolute Gasteiger partial charge is 0.262 e. The standard InChI is InChI=1S/C16H16FN3S/c17-12-7-6-11-8-14(21-13(11)9-12)16-18-15(19-20-16)10-4-2-1-3-5-10/h6-10H,1-5H2,(H,18,19,20). The van der Waals surface area contributed by atoms with E-state index in [9.17, 15) is 4.39 Å². The number of fused-ring (bicyclic) bond motifs is 1. The molecule has 0 unspecified atom stereocenters. The molecule has 1 saturated carbocycles. The van der Waals surface area contributed by atoms with E-state index in [0.29, 0.717) is 5.92 Å². The van der Waals surface area contributed by atoms with Gasteiger partial charge in [-0.05, 0) is 36.4 Å². The van der Waals surface area contributed by atoms with Gasteiger partial charge in [-0.3, -0.25) is 5.10 Å². The molecule has 21 heavy (non-hydrogen) atoms. The molecule has 2 heterocycles. The zero-order valence-electron chi connectivity index (χ0n) is 11.6. The summed E-state index contributed by atoms with van der Waals surface area (Å²) < 4.78 is 14.2. The second-order valence-corrected chi connectivity index (χ2v) is 6.76. The third-order valence-electron chi connectivity index (χ3n) is 4.20. The summed E-state index contributed by atoms with van der Waals surface area (Å²) in [6, 6.07) is 6.90. The van der Waals surface area contributed by atoms with Crippen LogP contribution in [0.1, 0.15) is 43.8 Å². The number of rotatable bonds is 2. The number of aromatic amines is 1. The summed E-state index contributed by atoms with van der Waals surface area (Å²) >= 11 is 1.54. The second kappa shape index (κ2) is 5.22. The second-order valence-electron chi connectivity index (χ2n) is 5.67. The van der Waals surface area contributed by atoms with E-state index in [1.165, 1.54) is 49.5 Å². The van der Waals surface area contributed by atoms with Crippen LogP contribution in [0.3, 0.4) is 0 Å². The minimum Gasteiger partial charge on any atom is -0.262 e. The van der Waals surface area contributed by atoms with Crippen LogP contribution >= 0.6 is 11.3 Å². The lowest BCUT2D eigenvalue weighted by Crippen LogP contribution is -2.06. The SMILES string of the molecule is Fc1ccc2cc(-c3n[nH]c(C4CCCCC4)n3)sc2c1. The van der Waals surface area contributed by atoms with E-state index in [1.54, 1.807) is 12.1 Å². The summed E-state index contributed by atoms with van der Waals surface area (Å²) in [6.45, 7) is 0. The van der Waals surface area contributed by atoms with Crippen molar-refractivity contribution in [2.24, 2.45) is 0 Å². The zero-order valence-corrected chi connectivity index (χ0v) is 12.4. The molecule has 4 rings (SSSR count). The van der Waals surface area contributed by atoms with Gasteiger partial charge in [0.1, 0.15) is 11.6 Å². The minimum atomic E-state index is -0.200. The molecule has 1 fully saturated rings. The normalized spacial score (nSPS) is 16.6. The van der Waals surface area contributed by atoms with E-state index >= 15 is 0 Å². The van der Waals surface area contributed by atoms with Gasteiger partial charge in [-0.15, -0.1) is 11.3 Å². The van der Waals surface area contributed by atoms with Crippen LogP contribution in [-0.4, -0.2) is 15.2 Å². The van der Waals surface area contributed by atoms with Crippen LogP contribution in [-0.2, 0) is 0 Å². The van der Waals surface area contributed by atoms with Crippen LogP contribution < -0.4 is 0 Å². The Morgan fingerprint density at radius 1 is 1.14 bits per heavy atom. The molecule has 0 atom stereocenters. The van der Waals surface area contributed by atoms with Gasteiger partial charge in [0.25, 0.3) is 0 Å². The molecule has 1 aromatic carbocycles. The van der Waals surface area contributed by atoms with Gasteiger partial charge in [-0.25, -0.2) is 9.37 Å². The lowest BCUT2D eigenvalue weighted by atomic mass is 9.89. The highest BCUT2D eigenvalue weighted by Crippen LogP contribution is 2.34. The monoisotopic (exact) mass is 301 g/mol. The number of benzene rings is 1. The Balaban J connectivity index is 1.67. The van der Waals surface area contributed by atoms with Crippen molar-refractivity contribution >= 4 is 21.4 Å². The highest BCUT2D eigenvalue weighted by Gasteiger charge is 2.20. The van der Waals surface area contributed by atoms with Crippen molar-refractivity contribution in [3.05, 3.63) is 35.9 Å². The van der Waals surface area contributed by atoms with Gasteiger partial charge in [-0.1, -0.05) is 25.3 Å². The summed E-state index contributed by atoms with van der Waals surface area (Å²) in [4.78, 5) is 5.67. The van der Waals surface area contributed by atoms with Crippen molar-refractivity contribution in [2.75, 3.05) is 0 Å². The van der Waals surface area contributed by atoms with E-state index < -0.39 is 0 Å². The molecule has 108 valence electrons. The molecule has 0 saturated heterocycles. The Hall–Kier alpha value is -1.75. The number of nitrogens with one attached hydrogen (secondary N) is 1. The first-order chi connectivity index (χ1) is 10.3. The molecule has 0 bridgehead atoms. The van der Waals surface area contributed by atoms with Crippen molar-refractivity contribution in [2.45, 2.75) is 38.0 Å². The Morgan fingerprint density at radius 3 is 2.86 bits per heavy atom. The van der Waals surface area contributed by atoms with E-state index in [2.05, 4.69) is 15.2 Å². The molecule has 3 aromatic rings. The number of halogens is 1. The predicted molar refractivity (Wildman–Crippen MR) is 83.0 cm³/mol. The first-order valence-corrected chi connectivity index (χ1v) is 8.23. The van der Waals surface area contributed by atoms with Gasteiger partial charge in [0.2, 0.25) is 0 Å². The third kappa shape index (κ3) is 2.46. The van der Waals surface area contributed by atoms with E-state index in [0.717, 1.165) is 26.6 Å². The lowest BCUT2D eigenvalue weighted by molar-refractivity contribution is 0.429. The van der Waals surface area contributed by atoms with Crippen LogP contribution in [0, 0.1) is 5.82 Å². The van der Waals surface area contributed by atoms with Gasteiger partial charge >= 0.3 is 0 Å². The Morgan fingerprint density at radius 2 is 2.00 bits per heavy atom. The van der Waals surface area contributed by atoms with Crippen molar-refractivity contribution in [1.82, 2.24) is 15.2 Å². The lowest BCUT2D eigenvalue weighted by Gasteiger charge is -2.18. The van der Waals surface area contributed by atoms with Gasteiger partial charge in [0.15, 0.2) is 5.82 Å². The summed E-state index contributed by atoms with van der Waals surface area (Å²) in [7, 11) is 0. The van der Waals surface area contributed by atoms with Crippen molar-refractivity contribution < 1.29 is 4.39 Å². The maximum absolute atomic E-state index is 13.3. The number of hydrogen-bond acceptors (Lipinski definition) is 3. The van der Waals surface area contributed by atoms with E-state index in [1.807, 2.05) is 6.07 Å². The topological polar surface area (TPSA) is 41.6 Å². The molecular formula is C16H16FN3S. The van der Waals surface area contributed by atoms with Crippen LogP contribution in [0.25, 0.3) is 20.8 Å².